The number of carbonyl (C=O) groups excluding carboxylic acids is 3. The molecule has 5 atom stereocenters. The molecule has 0 aliphatic heterocycles. The molecule has 3 amide bonds. The van der Waals surface area contributed by atoms with E-state index in [1.165, 1.54) is 0 Å². The van der Waals surface area contributed by atoms with Gasteiger partial charge < -0.3 is 37.5 Å². The second-order valence-electron chi connectivity index (χ2n) is 11.0. The van der Waals surface area contributed by atoms with E-state index in [1.807, 2.05) is 68.4 Å². The van der Waals surface area contributed by atoms with Gasteiger partial charge in [0.25, 0.3) is 0 Å². The third kappa shape index (κ3) is 9.65. The number of aliphatic carboxylic acids is 1. The number of para-hydroxylation sites is 1. The summed E-state index contributed by atoms with van der Waals surface area (Å²) in [7, 11) is 0. The van der Waals surface area contributed by atoms with Gasteiger partial charge in [0.05, 0.1) is 6.04 Å². The van der Waals surface area contributed by atoms with E-state index in [0.717, 1.165) is 22.0 Å². The summed E-state index contributed by atoms with van der Waals surface area (Å²) in [5.74, 6) is -2.96. The molecule has 0 saturated carbocycles. The number of fused-ring (bicyclic) bond motifs is 1. The number of nitrogens with one attached hydrogen (secondary N) is 4. The maximum Gasteiger partial charge on any atom is 0.326 e. The molecule has 0 aliphatic carbocycles. The summed E-state index contributed by atoms with van der Waals surface area (Å²) in [6.45, 7) is 4.21. The molecular weight excluding hydrogens is 548 g/mol. The van der Waals surface area contributed by atoms with Gasteiger partial charge in [0.15, 0.2) is 0 Å². The van der Waals surface area contributed by atoms with Crippen LogP contribution in [0, 0.1) is 5.92 Å². The van der Waals surface area contributed by atoms with Crippen molar-refractivity contribution in [2.24, 2.45) is 17.4 Å². The zero-order valence-corrected chi connectivity index (χ0v) is 24.8. The maximum atomic E-state index is 13.9. The molecule has 9 N–H and O–H groups in total. The molecule has 0 aliphatic rings. The Morgan fingerprint density at radius 1 is 0.837 bits per heavy atom. The smallest absolute Gasteiger partial charge is 0.326 e. The fraction of sp³-hybridized carbons (Fsp3) is 0.438. The van der Waals surface area contributed by atoms with Gasteiger partial charge in [0, 0.05) is 29.9 Å². The topological polar surface area (TPSA) is 192 Å². The first-order valence-corrected chi connectivity index (χ1v) is 14.8. The van der Waals surface area contributed by atoms with E-state index >= 15 is 0 Å². The van der Waals surface area contributed by atoms with Crippen molar-refractivity contribution in [3.05, 3.63) is 71.9 Å². The molecule has 2 aromatic carbocycles. The third-order valence-electron chi connectivity index (χ3n) is 7.77. The molecule has 0 saturated heterocycles. The summed E-state index contributed by atoms with van der Waals surface area (Å²) in [6.07, 6.45) is 4.09. The van der Waals surface area contributed by atoms with Gasteiger partial charge in [0.1, 0.15) is 18.1 Å². The number of benzene rings is 2. The zero-order chi connectivity index (χ0) is 31.4. The lowest BCUT2D eigenvalue weighted by molar-refractivity contribution is -0.142. The molecule has 3 aromatic rings. The standard InChI is InChI=1S/C32H44N6O5/c1-3-20(2)28(34)31(41)38-27(18-22-19-35-24-14-8-7-13-23(22)24)30(40)37-26(17-21-11-5-4-6-12-21)29(39)36-25(32(42)43)15-9-10-16-33/h4-8,11-14,19-20,25-28,35H,3,9-10,15-18,33-34H2,1-2H3,(H,36,39)(H,37,40)(H,38,41)(H,42,43). The van der Waals surface area contributed by atoms with Crippen LogP contribution in [0.2, 0.25) is 0 Å². The van der Waals surface area contributed by atoms with Crippen LogP contribution in [0.5, 0.6) is 0 Å². The van der Waals surface area contributed by atoms with Gasteiger partial charge in [0.2, 0.25) is 17.7 Å². The Bertz CT molecular complexity index is 1360. The molecule has 1 heterocycles. The Labute approximate surface area is 252 Å². The van der Waals surface area contributed by atoms with E-state index in [0.29, 0.717) is 25.8 Å². The summed E-state index contributed by atoms with van der Waals surface area (Å²) in [5, 5.41) is 18.8. The van der Waals surface area contributed by atoms with Crippen molar-refractivity contribution in [1.29, 1.82) is 0 Å². The van der Waals surface area contributed by atoms with E-state index in [2.05, 4.69) is 20.9 Å². The van der Waals surface area contributed by atoms with Gasteiger partial charge in [-0.2, -0.15) is 0 Å². The van der Waals surface area contributed by atoms with Gasteiger partial charge in [-0.3, -0.25) is 14.4 Å². The van der Waals surface area contributed by atoms with Gasteiger partial charge in [-0.1, -0.05) is 68.8 Å². The van der Waals surface area contributed by atoms with Crippen LogP contribution in [0.25, 0.3) is 10.9 Å². The van der Waals surface area contributed by atoms with Crippen molar-refractivity contribution < 1.29 is 24.3 Å². The zero-order valence-electron chi connectivity index (χ0n) is 24.8. The van der Waals surface area contributed by atoms with E-state index < -0.39 is 47.9 Å². The number of carboxylic acids is 1. The largest absolute Gasteiger partial charge is 0.480 e. The van der Waals surface area contributed by atoms with Crippen LogP contribution in [0.4, 0.5) is 0 Å². The van der Waals surface area contributed by atoms with Crippen molar-refractivity contribution in [2.45, 2.75) is 76.5 Å². The van der Waals surface area contributed by atoms with E-state index in [9.17, 15) is 24.3 Å². The van der Waals surface area contributed by atoms with Crippen LogP contribution in [0.3, 0.4) is 0 Å². The predicted octanol–water partition coefficient (Wildman–Crippen LogP) is 1.99. The normalized spacial score (nSPS) is 14.7. The van der Waals surface area contributed by atoms with E-state index in [4.69, 9.17) is 11.5 Å². The second kappa shape index (κ2) is 16.4. The Balaban J connectivity index is 1.88. The Hall–Kier alpha value is -4.22. The number of carbonyl (C=O) groups is 4. The molecular formula is C32H44N6O5. The van der Waals surface area contributed by atoms with Crippen LogP contribution in [0.1, 0.15) is 50.7 Å². The Morgan fingerprint density at radius 2 is 1.44 bits per heavy atom. The van der Waals surface area contributed by atoms with Gasteiger partial charge in [-0.15, -0.1) is 0 Å². The number of hydrogen-bond acceptors (Lipinski definition) is 6. The van der Waals surface area contributed by atoms with Crippen molar-refractivity contribution in [3.63, 3.8) is 0 Å². The van der Waals surface area contributed by atoms with Crippen molar-refractivity contribution in [2.75, 3.05) is 6.54 Å². The number of aromatic nitrogens is 1. The minimum absolute atomic E-state index is 0.111. The first-order chi connectivity index (χ1) is 20.6. The first kappa shape index (κ1) is 33.3. The van der Waals surface area contributed by atoms with Gasteiger partial charge in [-0.05, 0) is 48.9 Å². The minimum Gasteiger partial charge on any atom is -0.480 e. The summed E-state index contributed by atoms with van der Waals surface area (Å²) in [6, 6.07) is 12.6. The Kier molecular flexibility index (Phi) is 12.7. The number of carboxylic acid groups (broad SMARTS) is 1. The van der Waals surface area contributed by atoms with E-state index in [-0.39, 0.29) is 25.2 Å². The fourth-order valence-corrected chi connectivity index (χ4v) is 4.86. The minimum atomic E-state index is -1.17. The van der Waals surface area contributed by atoms with Gasteiger partial charge in [-0.25, -0.2) is 4.79 Å². The SMILES string of the molecule is CCC(C)C(N)C(=O)NC(Cc1c[nH]c2ccccc12)C(=O)NC(Cc1ccccc1)C(=O)NC(CCCCN)C(=O)O. The lowest BCUT2D eigenvalue weighted by Gasteiger charge is -2.26. The average Bonchev–Trinajstić information content (AvgIpc) is 3.42. The number of rotatable bonds is 17. The third-order valence-corrected chi connectivity index (χ3v) is 7.77. The molecule has 11 heteroatoms. The molecule has 43 heavy (non-hydrogen) atoms. The molecule has 1 aromatic heterocycles. The van der Waals surface area contributed by atoms with Crippen LogP contribution in [0.15, 0.2) is 60.8 Å². The number of unbranched alkanes of at least 4 members (excludes halogenated alkanes) is 1. The molecule has 0 spiro atoms. The summed E-state index contributed by atoms with van der Waals surface area (Å²) in [5.41, 5.74) is 14.2. The lowest BCUT2D eigenvalue weighted by atomic mass is 9.98. The predicted molar refractivity (Wildman–Crippen MR) is 166 cm³/mol. The van der Waals surface area contributed by atoms with Crippen molar-refractivity contribution in [3.8, 4) is 0 Å². The number of aromatic amines is 1. The average molecular weight is 593 g/mol. The maximum absolute atomic E-state index is 13.9. The highest BCUT2D eigenvalue weighted by Gasteiger charge is 2.31. The number of amides is 3. The highest BCUT2D eigenvalue weighted by molar-refractivity contribution is 5.95. The number of hydrogen-bond donors (Lipinski definition) is 7. The highest BCUT2D eigenvalue weighted by Crippen LogP contribution is 2.20. The fourth-order valence-electron chi connectivity index (χ4n) is 4.86. The first-order valence-electron chi connectivity index (χ1n) is 14.8. The molecule has 11 nitrogen and oxygen atoms in total. The van der Waals surface area contributed by atoms with Crippen LogP contribution in [-0.2, 0) is 32.0 Å². The van der Waals surface area contributed by atoms with E-state index in [1.54, 1.807) is 6.20 Å². The molecule has 5 unspecified atom stereocenters. The molecule has 0 radical (unpaired) electrons. The molecule has 232 valence electrons. The van der Waals surface area contributed by atoms with Crippen LogP contribution >= 0.6 is 0 Å². The monoisotopic (exact) mass is 592 g/mol. The quantitative estimate of drug-likeness (QED) is 0.117. The molecule has 3 rings (SSSR count). The van der Waals surface area contributed by atoms with Crippen molar-refractivity contribution >= 4 is 34.6 Å². The summed E-state index contributed by atoms with van der Waals surface area (Å²) in [4.78, 5) is 55.5. The molecule has 0 fully saturated rings. The second-order valence-corrected chi connectivity index (χ2v) is 11.0. The van der Waals surface area contributed by atoms with Crippen LogP contribution in [-0.4, -0.2) is 64.5 Å². The van der Waals surface area contributed by atoms with Crippen molar-refractivity contribution in [1.82, 2.24) is 20.9 Å². The summed E-state index contributed by atoms with van der Waals surface area (Å²) >= 11 is 0. The Morgan fingerprint density at radius 3 is 2.09 bits per heavy atom. The number of nitrogens with two attached hydrogens (primary N) is 2. The highest BCUT2D eigenvalue weighted by atomic mass is 16.4. The molecule has 0 bridgehead atoms. The van der Waals surface area contributed by atoms with Gasteiger partial charge >= 0.3 is 5.97 Å². The lowest BCUT2D eigenvalue weighted by Crippen LogP contribution is -2.58. The van der Waals surface area contributed by atoms with Crippen LogP contribution < -0.4 is 27.4 Å². The summed E-state index contributed by atoms with van der Waals surface area (Å²) < 4.78 is 0. The number of H-pyrrole nitrogens is 1.